The second-order valence-electron chi connectivity index (χ2n) is 5.78. The number of furan rings is 1. The molecule has 0 atom stereocenters. The largest absolute Gasteiger partial charge is 0.456 e. The Hall–Kier alpha value is -4.58. The van der Waals surface area contributed by atoms with Gasteiger partial charge in [-0.15, -0.1) is 0 Å². The van der Waals surface area contributed by atoms with Crippen LogP contribution in [0.25, 0.3) is 17.4 Å². The van der Waals surface area contributed by atoms with Gasteiger partial charge in [0.15, 0.2) is 0 Å². The summed E-state index contributed by atoms with van der Waals surface area (Å²) in [6.07, 6.45) is 1.18. The monoisotopic (exact) mass is 389 g/mol. The lowest BCUT2D eigenvalue weighted by atomic mass is 10.0. The summed E-state index contributed by atoms with van der Waals surface area (Å²) in [5.41, 5.74) is -0.484. The van der Waals surface area contributed by atoms with Gasteiger partial charge in [-0.2, -0.15) is 5.26 Å². The maximum absolute atomic E-state index is 12.5. The van der Waals surface area contributed by atoms with Crippen molar-refractivity contribution in [3.63, 3.8) is 0 Å². The molecule has 9 heteroatoms. The van der Waals surface area contributed by atoms with Crippen LogP contribution in [0, 0.1) is 31.6 Å². The van der Waals surface area contributed by atoms with Gasteiger partial charge in [0.25, 0.3) is 11.4 Å². The van der Waals surface area contributed by atoms with E-state index in [2.05, 4.69) is 0 Å². The van der Waals surface area contributed by atoms with Crippen molar-refractivity contribution in [1.29, 1.82) is 5.26 Å². The minimum atomic E-state index is -0.708. The molecule has 0 aliphatic heterocycles. The minimum Gasteiger partial charge on any atom is -0.456 e. The van der Waals surface area contributed by atoms with Gasteiger partial charge in [-0.3, -0.25) is 25.0 Å². The summed E-state index contributed by atoms with van der Waals surface area (Å²) in [7, 11) is 0. The molecule has 0 saturated heterocycles. The minimum absolute atomic E-state index is 0.0162. The molecule has 0 aliphatic rings. The zero-order chi connectivity index (χ0) is 21.0. The fourth-order valence-electron chi connectivity index (χ4n) is 2.62. The Kier molecular flexibility index (Phi) is 5.28. The van der Waals surface area contributed by atoms with Gasteiger partial charge in [-0.25, -0.2) is 0 Å². The van der Waals surface area contributed by atoms with E-state index in [9.17, 15) is 30.3 Å². The molecule has 0 bridgehead atoms. The van der Waals surface area contributed by atoms with E-state index in [1.165, 1.54) is 54.6 Å². The van der Waals surface area contributed by atoms with Gasteiger partial charge in [-0.05, 0) is 18.2 Å². The molecule has 3 aromatic rings. The van der Waals surface area contributed by atoms with Crippen LogP contribution in [0.2, 0.25) is 0 Å². The Morgan fingerprint density at radius 1 is 1.00 bits per heavy atom. The molecule has 0 spiro atoms. The number of ketones is 1. The third kappa shape index (κ3) is 4.06. The number of para-hydroxylation sites is 1. The standard InChI is InChI=1S/C20H11N3O6/c21-12-14(20(24)13-4-3-5-15(10-13)22(25)26)11-16-8-9-19(29-16)17-6-1-2-7-18(17)23(27)28/h1-11H. The number of nitriles is 1. The topological polar surface area (TPSA) is 140 Å². The second kappa shape index (κ2) is 7.98. The van der Waals surface area contributed by atoms with Crippen LogP contribution >= 0.6 is 0 Å². The molecular formula is C20H11N3O6. The smallest absolute Gasteiger partial charge is 0.280 e. The van der Waals surface area contributed by atoms with Crippen molar-refractivity contribution in [3.8, 4) is 17.4 Å². The number of Topliss-reactive ketones (excluding diaryl/α,β-unsaturated/α-hetero) is 1. The van der Waals surface area contributed by atoms with Gasteiger partial charge in [0.05, 0.1) is 15.4 Å². The Morgan fingerprint density at radius 3 is 2.45 bits per heavy atom. The zero-order valence-corrected chi connectivity index (χ0v) is 14.6. The highest BCUT2D eigenvalue weighted by Crippen LogP contribution is 2.31. The third-order valence-corrected chi connectivity index (χ3v) is 3.96. The molecule has 1 heterocycles. The Labute approximate surface area is 163 Å². The average Bonchev–Trinajstić information content (AvgIpc) is 3.20. The molecule has 0 amide bonds. The van der Waals surface area contributed by atoms with Crippen molar-refractivity contribution in [2.75, 3.05) is 0 Å². The highest BCUT2D eigenvalue weighted by molar-refractivity contribution is 6.14. The third-order valence-electron chi connectivity index (χ3n) is 3.96. The first-order chi connectivity index (χ1) is 13.9. The van der Waals surface area contributed by atoms with E-state index in [1.54, 1.807) is 12.1 Å². The van der Waals surface area contributed by atoms with Crippen LogP contribution in [0.15, 0.2) is 70.7 Å². The van der Waals surface area contributed by atoms with Gasteiger partial charge >= 0.3 is 0 Å². The number of nitro groups is 2. The average molecular weight is 389 g/mol. The fourth-order valence-corrected chi connectivity index (χ4v) is 2.62. The first-order valence-corrected chi connectivity index (χ1v) is 8.15. The maximum Gasteiger partial charge on any atom is 0.280 e. The predicted molar refractivity (Wildman–Crippen MR) is 102 cm³/mol. The molecule has 142 valence electrons. The van der Waals surface area contributed by atoms with Crippen LogP contribution in [0.5, 0.6) is 0 Å². The zero-order valence-electron chi connectivity index (χ0n) is 14.6. The molecule has 29 heavy (non-hydrogen) atoms. The van der Waals surface area contributed by atoms with Crippen LogP contribution < -0.4 is 0 Å². The normalized spacial score (nSPS) is 10.9. The van der Waals surface area contributed by atoms with Crippen molar-refractivity contribution >= 4 is 23.2 Å². The number of hydrogen-bond acceptors (Lipinski definition) is 7. The van der Waals surface area contributed by atoms with Crippen molar-refractivity contribution in [2.45, 2.75) is 0 Å². The molecule has 0 fully saturated rings. The highest BCUT2D eigenvalue weighted by atomic mass is 16.6. The SMILES string of the molecule is N#CC(=Cc1ccc(-c2ccccc2[N+](=O)[O-])o1)C(=O)c1cccc([N+](=O)[O-])c1. The van der Waals surface area contributed by atoms with E-state index in [-0.39, 0.29) is 39.6 Å². The number of nitrogens with zero attached hydrogens (tertiary/aromatic N) is 3. The maximum atomic E-state index is 12.5. The molecule has 3 rings (SSSR count). The number of carbonyl (C=O) groups is 1. The quantitative estimate of drug-likeness (QED) is 0.198. The Balaban J connectivity index is 1.95. The van der Waals surface area contributed by atoms with Crippen LogP contribution in [0.3, 0.4) is 0 Å². The molecule has 0 aliphatic carbocycles. The van der Waals surface area contributed by atoms with Crippen molar-refractivity contribution < 1.29 is 19.1 Å². The lowest BCUT2D eigenvalue weighted by Crippen LogP contribution is -2.02. The van der Waals surface area contributed by atoms with E-state index < -0.39 is 15.6 Å². The van der Waals surface area contributed by atoms with Gasteiger partial charge < -0.3 is 4.42 Å². The Bertz CT molecular complexity index is 1200. The van der Waals surface area contributed by atoms with Crippen molar-refractivity contribution in [1.82, 2.24) is 0 Å². The predicted octanol–water partition coefficient (Wildman–Crippen LogP) is 4.55. The molecule has 0 radical (unpaired) electrons. The number of carbonyl (C=O) groups excluding carboxylic acids is 1. The summed E-state index contributed by atoms with van der Waals surface area (Å²) in [6, 6.07) is 15.7. The Morgan fingerprint density at radius 2 is 1.76 bits per heavy atom. The number of nitro benzene ring substituents is 2. The van der Waals surface area contributed by atoms with Crippen LogP contribution in [0.4, 0.5) is 11.4 Å². The van der Waals surface area contributed by atoms with E-state index >= 15 is 0 Å². The highest BCUT2D eigenvalue weighted by Gasteiger charge is 2.19. The molecule has 0 N–H and O–H groups in total. The number of non-ortho nitro benzene ring substituents is 1. The lowest BCUT2D eigenvalue weighted by molar-refractivity contribution is -0.384. The van der Waals surface area contributed by atoms with E-state index in [1.807, 2.05) is 0 Å². The van der Waals surface area contributed by atoms with Crippen molar-refractivity contribution in [3.05, 3.63) is 97.8 Å². The number of allylic oxidation sites excluding steroid dienone is 1. The first kappa shape index (κ1) is 19.2. The number of benzene rings is 2. The molecule has 1 aromatic heterocycles. The summed E-state index contributed by atoms with van der Waals surface area (Å²) in [6.45, 7) is 0. The van der Waals surface area contributed by atoms with Crippen LogP contribution in [0.1, 0.15) is 16.1 Å². The van der Waals surface area contributed by atoms with Gasteiger partial charge in [0.2, 0.25) is 5.78 Å². The molecule has 2 aromatic carbocycles. The summed E-state index contributed by atoms with van der Waals surface area (Å²) in [5.74, 6) is -0.378. The van der Waals surface area contributed by atoms with E-state index in [4.69, 9.17) is 4.42 Å². The number of hydrogen-bond donors (Lipinski definition) is 0. The van der Waals surface area contributed by atoms with Crippen LogP contribution in [-0.2, 0) is 0 Å². The molecule has 9 nitrogen and oxygen atoms in total. The molecule has 0 unspecified atom stereocenters. The fraction of sp³-hybridized carbons (Fsp3) is 0. The molecular weight excluding hydrogens is 378 g/mol. The molecule has 0 saturated carbocycles. The van der Waals surface area contributed by atoms with Crippen molar-refractivity contribution in [2.24, 2.45) is 0 Å². The van der Waals surface area contributed by atoms with Gasteiger partial charge in [-0.1, -0.05) is 24.3 Å². The summed E-state index contributed by atoms with van der Waals surface area (Å²) >= 11 is 0. The van der Waals surface area contributed by atoms with Gasteiger partial charge in [0, 0.05) is 29.8 Å². The number of rotatable bonds is 6. The van der Waals surface area contributed by atoms with E-state index in [0.29, 0.717) is 0 Å². The first-order valence-electron chi connectivity index (χ1n) is 8.15. The second-order valence-corrected chi connectivity index (χ2v) is 5.78. The summed E-state index contributed by atoms with van der Waals surface area (Å²) < 4.78 is 5.55. The summed E-state index contributed by atoms with van der Waals surface area (Å²) in [5, 5.41) is 31.4. The van der Waals surface area contributed by atoms with E-state index in [0.717, 1.165) is 6.07 Å². The van der Waals surface area contributed by atoms with Gasteiger partial charge in [0.1, 0.15) is 23.2 Å². The lowest BCUT2D eigenvalue weighted by Gasteiger charge is -2.00. The summed E-state index contributed by atoms with van der Waals surface area (Å²) in [4.78, 5) is 33.4. The van der Waals surface area contributed by atoms with Crippen LogP contribution in [-0.4, -0.2) is 15.6 Å².